The van der Waals surface area contributed by atoms with Crippen molar-refractivity contribution in [1.82, 2.24) is 14.9 Å². The molecule has 0 spiro atoms. The molecule has 1 aliphatic rings. The van der Waals surface area contributed by atoms with E-state index < -0.39 is 0 Å². The summed E-state index contributed by atoms with van der Waals surface area (Å²) in [5.74, 6) is 0.540. The second kappa shape index (κ2) is 4.99. The van der Waals surface area contributed by atoms with E-state index in [1.807, 2.05) is 13.8 Å². The van der Waals surface area contributed by atoms with Crippen LogP contribution in [0.3, 0.4) is 0 Å². The van der Waals surface area contributed by atoms with E-state index in [-0.39, 0.29) is 17.4 Å². The molecular weight excluding hydrogens is 242 g/mol. The van der Waals surface area contributed by atoms with Crippen molar-refractivity contribution in [1.29, 1.82) is 0 Å². The van der Waals surface area contributed by atoms with Gasteiger partial charge in [-0.3, -0.25) is 9.59 Å². The average molecular weight is 261 g/mol. The molecule has 1 aromatic heterocycles. The number of aryl methyl sites for hydroxylation is 1. The van der Waals surface area contributed by atoms with Crippen molar-refractivity contribution < 1.29 is 4.79 Å². The number of H-pyrrole nitrogens is 1. The van der Waals surface area contributed by atoms with Gasteiger partial charge in [0.15, 0.2) is 0 Å². The Bertz CT molecular complexity index is 589. The summed E-state index contributed by atoms with van der Waals surface area (Å²) < 4.78 is 0. The van der Waals surface area contributed by atoms with Crippen molar-refractivity contribution in [3.63, 3.8) is 0 Å². The maximum absolute atomic E-state index is 12.3. The van der Waals surface area contributed by atoms with Crippen LogP contribution in [-0.4, -0.2) is 20.8 Å². The van der Waals surface area contributed by atoms with Gasteiger partial charge in [-0.15, -0.1) is 6.58 Å². The third-order valence-electron chi connectivity index (χ3n) is 3.30. The highest BCUT2D eigenvalue weighted by Crippen LogP contribution is 2.21. The Morgan fingerprint density at radius 1 is 1.53 bits per heavy atom. The Morgan fingerprint density at radius 2 is 2.21 bits per heavy atom. The second-order valence-electron chi connectivity index (χ2n) is 5.33. The zero-order valence-corrected chi connectivity index (χ0v) is 11.6. The van der Waals surface area contributed by atoms with Crippen molar-refractivity contribution in [3.8, 4) is 0 Å². The van der Waals surface area contributed by atoms with Crippen LogP contribution >= 0.6 is 0 Å². The van der Waals surface area contributed by atoms with Crippen LogP contribution in [0.2, 0.25) is 0 Å². The Kier molecular flexibility index (Phi) is 3.55. The fourth-order valence-electron chi connectivity index (χ4n) is 2.47. The SMILES string of the molecule is C=C(C)CC(C)C(=O)N1Cc2nc(C)[nH]c(=O)c2C1. The molecule has 0 saturated carbocycles. The monoisotopic (exact) mass is 261 g/mol. The van der Waals surface area contributed by atoms with Crippen molar-refractivity contribution in [2.24, 2.45) is 5.92 Å². The van der Waals surface area contributed by atoms with Crippen molar-refractivity contribution in [2.45, 2.75) is 40.3 Å². The third kappa shape index (κ3) is 2.75. The highest BCUT2D eigenvalue weighted by molar-refractivity contribution is 5.79. The summed E-state index contributed by atoms with van der Waals surface area (Å²) in [4.78, 5) is 32.8. The van der Waals surface area contributed by atoms with Crippen LogP contribution in [0.1, 0.15) is 37.4 Å². The van der Waals surface area contributed by atoms with Gasteiger partial charge in [0.1, 0.15) is 5.82 Å². The van der Waals surface area contributed by atoms with E-state index in [2.05, 4.69) is 16.5 Å². The van der Waals surface area contributed by atoms with E-state index in [4.69, 9.17) is 0 Å². The number of carbonyl (C=O) groups is 1. The normalized spacial score (nSPS) is 15.2. The molecule has 2 heterocycles. The van der Waals surface area contributed by atoms with E-state index in [1.54, 1.807) is 11.8 Å². The number of aromatic amines is 1. The Balaban J connectivity index is 2.16. The summed E-state index contributed by atoms with van der Waals surface area (Å²) in [5, 5.41) is 0. The van der Waals surface area contributed by atoms with Crippen LogP contribution in [0.25, 0.3) is 0 Å². The van der Waals surface area contributed by atoms with Crippen LogP contribution in [-0.2, 0) is 17.9 Å². The van der Waals surface area contributed by atoms with Gasteiger partial charge in [0.2, 0.25) is 5.91 Å². The maximum atomic E-state index is 12.3. The predicted octanol–water partition coefficient (Wildman–Crippen LogP) is 1.52. The molecule has 5 nitrogen and oxygen atoms in total. The molecule has 1 unspecified atom stereocenters. The Hall–Kier alpha value is -1.91. The van der Waals surface area contributed by atoms with E-state index in [0.29, 0.717) is 30.9 Å². The number of hydrogen-bond acceptors (Lipinski definition) is 3. The fourth-order valence-corrected chi connectivity index (χ4v) is 2.47. The molecule has 1 atom stereocenters. The number of nitrogens with one attached hydrogen (secondary N) is 1. The minimum absolute atomic E-state index is 0.0538. The van der Waals surface area contributed by atoms with Crippen LogP contribution in [0.5, 0.6) is 0 Å². The predicted molar refractivity (Wildman–Crippen MR) is 72.4 cm³/mol. The molecule has 1 aromatic rings. The minimum Gasteiger partial charge on any atom is -0.332 e. The van der Waals surface area contributed by atoms with Crippen LogP contribution in [0.15, 0.2) is 16.9 Å². The molecule has 1 aliphatic heterocycles. The first kappa shape index (κ1) is 13.5. The van der Waals surface area contributed by atoms with Crippen molar-refractivity contribution >= 4 is 5.91 Å². The molecule has 0 aromatic carbocycles. The first-order chi connectivity index (χ1) is 8.88. The van der Waals surface area contributed by atoms with Gasteiger partial charge in [-0.1, -0.05) is 12.5 Å². The summed E-state index contributed by atoms with van der Waals surface area (Å²) in [5.41, 5.74) is 2.19. The largest absolute Gasteiger partial charge is 0.332 e. The van der Waals surface area contributed by atoms with Gasteiger partial charge in [-0.05, 0) is 20.3 Å². The third-order valence-corrected chi connectivity index (χ3v) is 3.30. The number of fused-ring (bicyclic) bond motifs is 1. The van der Waals surface area contributed by atoms with Gasteiger partial charge < -0.3 is 9.88 Å². The fraction of sp³-hybridized carbons (Fsp3) is 0.500. The number of rotatable bonds is 3. The molecule has 0 aliphatic carbocycles. The summed E-state index contributed by atoms with van der Waals surface area (Å²) in [7, 11) is 0. The molecule has 0 saturated heterocycles. The molecular formula is C14H19N3O2. The van der Waals surface area contributed by atoms with E-state index in [1.165, 1.54) is 0 Å². The maximum Gasteiger partial charge on any atom is 0.256 e. The smallest absolute Gasteiger partial charge is 0.256 e. The van der Waals surface area contributed by atoms with Crippen molar-refractivity contribution in [2.75, 3.05) is 0 Å². The van der Waals surface area contributed by atoms with E-state index in [9.17, 15) is 9.59 Å². The molecule has 5 heteroatoms. The molecule has 1 amide bonds. The van der Waals surface area contributed by atoms with Gasteiger partial charge in [0, 0.05) is 5.92 Å². The topological polar surface area (TPSA) is 66.1 Å². The van der Waals surface area contributed by atoms with Gasteiger partial charge in [0.05, 0.1) is 24.3 Å². The quantitative estimate of drug-likeness (QED) is 0.839. The Labute approximate surface area is 112 Å². The highest BCUT2D eigenvalue weighted by Gasteiger charge is 2.29. The lowest BCUT2D eigenvalue weighted by Crippen LogP contribution is -2.31. The number of aromatic nitrogens is 2. The zero-order chi connectivity index (χ0) is 14.2. The molecule has 0 radical (unpaired) electrons. The van der Waals surface area contributed by atoms with Crippen LogP contribution < -0.4 is 5.56 Å². The van der Waals surface area contributed by atoms with E-state index >= 15 is 0 Å². The van der Waals surface area contributed by atoms with Gasteiger partial charge >= 0.3 is 0 Å². The molecule has 2 rings (SSSR count). The zero-order valence-electron chi connectivity index (χ0n) is 11.6. The van der Waals surface area contributed by atoms with Crippen LogP contribution in [0.4, 0.5) is 0 Å². The second-order valence-corrected chi connectivity index (χ2v) is 5.33. The highest BCUT2D eigenvalue weighted by atomic mass is 16.2. The number of amides is 1. The summed E-state index contributed by atoms with van der Waals surface area (Å²) in [6.45, 7) is 10.2. The average Bonchev–Trinajstić information content (AvgIpc) is 2.70. The number of hydrogen-bond donors (Lipinski definition) is 1. The van der Waals surface area contributed by atoms with Gasteiger partial charge in [0.25, 0.3) is 5.56 Å². The molecule has 1 N–H and O–H groups in total. The van der Waals surface area contributed by atoms with E-state index in [0.717, 1.165) is 11.3 Å². The summed E-state index contributed by atoms with van der Waals surface area (Å²) in [6.07, 6.45) is 0.675. The Morgan fingerprint density at radius 3 is 2.84 bits per heavy atom. The molecule has 0 bridgehead atoms. The molecule has 102 valence electrons. The number of carbonyl (C=O) groups excluding carboxylic acids is 1. The lowest BCUT2D eigenvalue weighted by molar-refractivity contribution is -0.135. The lowest BCUT2D eigenvalue weighted by Gasteiger charge is -2.20. The first-order valence-corrected chi connectivity index (χ1v) is 6.40. The van der Waals surface area contributed by atoms with Crippen LogP contribution in [0, 0.1) is 12.8 Å². The summed E-state index contributed by atoms with van der Waals surface area (Å²) in [6, 6.07) is 0. The molecule has 0 fully saturated rings. The first-order valence-electron chi connectivity index (χ1n) is 6.40. The standard InChI is InChI=1S/C14H19N3O2/c1-8(2)5-9(3)14(19)17-6-11-12(7-17)15-10(4)16-13(11)18/h9H,1,5-7H2,2-4H3,(H,15,16,18). The van der Waals surface area contributed by atoms with Crippen molar-refractivity contribution in [3.05, 3.63) is 39.6 Å². The number of nitrogens with zero attached hydrogens (tertiary/aromatic N) is 2. The summed E-state index contributed by atoms with van der Waals surface area (Å²) >= 11 is 0. The lowest BCUT2D eigenvalue weighted by atomic mass is 10.0. The minimum atomic E-state index is -0.134. The van der Waals surface area contributed by atoms with Gasteiger partial charge in [-0.25, -0.2) is 4.98 Å². The molecule has 19 heavy (non-hydrogen) atoms. The van der Waals surface area contributed by atoms with Gasteiger partial charge in [-0.2, -0.15) is 0 Å². The number of allylic oxidation sites excluding steroid dienone is 1.